The van der Waals surface area contributed by atoms with Crippen molar-refractivity contribution in [3.63, 3.8) is 0 Å². The predicted molar refractivity (Wildman–Crippen MR) is 249 cm³/mol. The lowest BCUT2D eigenvalue weighted by molar-refractivity contribution is 0.487. The number of ether oxygens (including phenoxy) is 1. The molecule has 11 aromatic rings. The Morgan fingerprint density at radius 3 is 1.73 bits per heavy atom. The van der Waals surface area contributed by atoms with Gasteiger partial charge in [-0.3, -0.25) is 0 Å². The summed E-state index contributed by atoms with van der Waals surface area (Å²) < 4.78 is 93.4. The number of hydrogen-bond acceptors (Lipinski definition) is 1. The molecule has 0 aliphatic carbocycles. The van der Waals surface area contributed by atoms with Gasteiger partial charge in [-0.05, 0) is 147 Å². The summed E-state index contributed by atoms with van der Waals surface area (Å²) in [5.74, 6) is 1.26. The van der Waals surface area contributed by atoms with Crippen LogP contribution in [0.5, 0.6) is 11.5 Å². The molecule has 0 bridgehead atoms. The second-order valence-corrected chi connectivity index (χ2v) is 14.9. The summed E-state index contributed by atoms with van der Waals surface area (Å²) in [6.45, 7) is 0. The second kappa shape index (κ2) is 13.4. The van der Waals surface area contributed by atoms with Crippen LogP contribution in [0.3, 0.4) is 0 Å². The summed E-state index contributed by atoms with van der Waals surface area (Å²) in [5, 5.41) is 6.88. The molecular formula is C58H36O. The van der Waals surface area contributed by atoms with E-state index in [0.29, 0.717) is 22.6 Å². The van der Waals surface area contributed by atoms with Gasteiger partial charge in [-0.15, -0.1) is 0 Å². The Morgan fingerprint density at radius 2 is 0.932 bits per heavy atom. The third-order valence-corrected chi connectivity index (χ3v) is 11.5. The third-order valence-electron chi connectivity index (χ3n) is 11.5. The molecule has 1 heterocycles. The molecule has 0 N–H and O–H groups in total. The van der Waals surface area contributed by atoms with Crippen LogP contribution in [0.15, 0.2) is 218 Å². The van der Waals surface area contributed by atoms with Crippen LogP contribution in [0.25, 0.3) is 110 Å². The van der Waals surface area contributed by atoms with E-state index in [1.165, 1.54) is 0 Å². The molecule has 0 radical (unpaired) electrons. The van der Waals surface area contributed by atoms with Crippen molar-refractivity contribution < 1.29 is 18.4 Å². The summed E-state index contributed by atoms with van der Waals surface area (Å²) in [6, 6.07) is 48.8. The van der Waals surface area contributed by atoms with Gasteiger partial charge in [0, 0.05) is 10.9 Å². The van der Waals surface area contributed by atoms with Gasteiger partial charge in [0.1, 0.15) is 11.5 Å². The van der Waals surface area contributed by atoms with E-state index in [9.17, 15) is 2.74 Å². The van der Waals surface area contributed by atoms with E-state index >= 15 is 0 Å². The van der Waals surface area contributed by atoms with Gasteiger partial charge in [-0.25, -0.2) is 0 Å². The van der Waals surface area contributed by atoms with E-state index < -0.39 is 36.3 Å². The van der Waals surface area contributed by atoms with Crippen molar-refractivity contribution in [3.8, 4) is 78.3 Å². The standard InChI is InChI=1S/C58H36O/c1-4-15-37(16-5-1)41-28-30-53-51(35-41)52-36-45(31-42-22-14-26-54(59-53)56(42)52)44-32-43(38-17-6-2-7-18-38)33-46(34-44)55-48-24-12-13-25-49(48)57(40-20-8-3-9-21-40)58-47-23-11-10-19-39(47)27-29-50(55)58/h1-36H/i1D,3D,4D,5D,8D,9D,15D,16D,20D,21D. The molecular weight excluding hydrogens is 713 g/mol. The van der Waals surface area contributed by atoms with Crippen molar-refractivity contribution in [1.29, 1.82) is 0 Å². The molecule has 0 amide bonds. The fourth-order valence-corrected chi connectivity index (χ4v) is 8.99. The fraction of sp³-hybridized carbons (Fsp3) is 0. The van der Waals surface area contributed by atoms with E-state index in [1.54, 1.807) is 12.1 Å². The summed E-state index contributed by atoms with van der Waals surface area (Å²) in [7, 11) is 0. The van der Waals surface area contributed by atoms with Crippen LogP contribution >= 0.6 is 0 Å². The Hall–Kier alpha value is -7.74. The van der Waals surface area contributed by atoms with Gasteiger partial charge >= 0.3 is 0 Å². The van der Waals surface area contributed by atoms with Crippen molar-refractivity contribution in [2.75, 3.05) is 0 Å². The zero-order chi connectivity index (χ0) is 47.6. The van der Waals surface area contributed by atoms with Crippen LogP contribution < -0.4 is 4.74 Å². The van der Waals surface area contributed by atoms with Crippen molar-refractivity contribution in [2.45, 2.75) is 0 Å². The normalized spacial score (nSPS) is 14.2. The number of hydrogen-bond donors (Lipinski definition) is 0. The number of fused-ring (bicyclic) bond motifs is 6. The van der Waals surface area contributed by atoms with E-state index in [2.05, 4.69) is 54.6 Å². The Bertz CT molecular complexity index is 4000. The van der Waals surface area contributed by atoms with Gasteiger partial charge in [0.25, 0.3) is 0 Å². The molecule has 274 valence electrons. The molecule has 0 fully saturated rings. The minimum absolute atomic E-state index is 0.111. The van der Waals surface area contributed by atoms with Gasteiger partial charge in [0.2, 0.25) is 0 Å². The molecule has 0 spiro atoms. The minimum Gasteiger partial charge on any atom is -0.456 e. The summed E-state index contributed by atoms with van der Waals surface area (Å²) >= 11 is 0. The average molecular weight is 759 g/mol. The number of benzene rings is 11. The maximum atomic E-state index is 9.23. The summed E-state index contributed by atoms with van der Waals surface area (Å²) in [6.07, 6.45) is 0. The Balaban J connectivity index is 1.16. The molecule has 0 aromatic heterocycles. The van der Waals surface area contributed by atoms with Crippen molar-refractivity contribution in [2.24, 2.45) is 0 Å². The molecule has 1 heteroatoms. The lowest BCUT2D eigenvalue weighted by Gasteiger charge is -2.23. The molecule has 1 aliphatic rings. The maximum Gasteiger partial charge on any atom is 0.135 e. The molecule has 11 aromatic carbocycles. The predicted octanol–water partition coefficient (Wildman–Crippen LogP) is 16.4. The summed E-state index contributed by atoms with van der Waals surface area (Å²) in [4.78, 5) is 0. The van der Waals surface area contributed by atoms with Crippen LogP contribution in [0.1, 0.15) is 13.7 Å². The van der Waals surface area contributed by atoms with E-state index in [4.69, 9.17) is 15.7 Å². The van der Waals surface area contributed by atoms with Crippen LogP contribution in [0.4, 0.5) is 0 Å². The third kappa shape index (κ3) is 5.47. The highest BCUT2D eigenvalue weighted by Crippen LogP contribution is 2.51. The average Bonchev–Trinajstić information content (AvgIpc) is 3.38. The fourth-order valence-electron chi connectivity index (χ4n) is 8.99. The van der Waals surface area contributed by atoms with Crippen LogP contribution in [0.2, 0.25) is 0 Å². The van der Waals surface area contributed by atoms with Gasteiger partial charge in [0.15, 0.2) is 0 Å². The minimum atomic E-state index is -0.449. The molecule has 59 heavy (non-hydrogen) atoms. The van der Waals surface area contributed by atoms with Gasteiger partial charge in [-0.2, -0.15) is 0 Å². The summed E-state index contributed by atoms with van der Waals surface area (Å²) in [5.41, 5.74) is 8.51. The molecule has 0 atom stereocenters. The highest BCUT2D eigenvalue weighted by atomic mass is 16.5. The Labute approximate surface area is 357 Å². The quantitative estimate of drug-likeness (QED) is 0.125. The first-order chi connectivity index (χ1) is 33.4. The molecule has 1 aliphatic heterocycles. The van der Waals surface area contributed by atoms with Gasteiger partial charge in [-0.1, -0.05) is 170 Å². The number of rotatable bonds is 5. The van der Waals surface area contributed by atoms with Crippen LogP contribution in [0, 0.1) is 0 Å². The highest BCUT2D eigenvalue weighted by Gasteiger charge is 2.24. The smallest absolute Gasteiger partial charge is 0.135 e. The van der Waals surface area contributed by atoms with Crippen molar-refractivity contribution in [3.05, 3.63) is 218 Å². The Morgan fingerprint density at radius 1 is 0.305 bits per heavy atom. The van der Waals surface area contributed by atoms with Gasteiger partial charge in [0.05, 0.1) is 13.7 Å². The van der Waals surface area contributed by atoms with Crippen molar-refractivity contribution >= 4 is 43.1 Å². The molecule has 0 saturated heterocycles. The molecule has 0 unspecified atom stereocenters. The first-order valence-corrected chi connectivity index (χ1v) is 19.5. The lowest BCUT2D eigenvalue weighted by Crippen LogP contribution is -1.98. The van der Waals surface area contributed by atoms with E-state index in [0.717, 1.165) is 87.6 Å². The largest absolute Gasteiger partial charge is 0.456 e. The highest BCUT2D eigenvalue weighted by molar-refractivity contribution is 6.28. The van der Waals surface area contributed by atoms with E-state index in [-0.39, 0.29) is 35.3 Å². The zero-order valence-electron chi connectivity index (χ0n) is 41.4. The maximum absolute atomic E-state index is 9.23. The second-order valence-electron chi connectivity index (χ2n) is 14.9. The SMILES string of the molecule is [2H]c1c([2H])c([2H])c(-c2ccc3c(c2)-c2cc(-c4cc(-c5ccccc5)cc(-c5c6ccccc6c(-c6c([2H])c([2H])c([2H])c([2H])c6[2H])c6c5ccc5ccccc56)c4)cc4cccc(c24)O3)c([2H])c1[2H]. The Kier molecular flexibility index (Phi) is 5.65. The first kappa shape index (κ1) is 24.8. The first-order valence-electron chi connectivity index (χ1n) is 24.5. The molecule has 0 saturated carbocycles. The zero-order valence-corrected chi connectivity index (χ0v) is 31.4. The van der Waals surface area contributed by atoms with E-state index in [1.807, 2.05) is 91.0 Å². The molecule has 1 nitrogen and oxygen atoms in total. The van der Waals surface area contributed by atoms with Crippen LogP contribution in [-0.4, -0.2) is 0 Å². The monoisotopic (exact) mass is 758 g/mol. The van der Waals surface area contributed by atoms with Crippen molar-refractivity contribution in [1.82, 2.24) is 0 Å². The van der Waals surface area contributed by atoms with Gasteiger partial charge < -0.3 is 4.74 Å². The van der Waals surface area contributed by atoms with Crippen LogP contribution in [-0.2, 0) is 0 Å². The topological polar surface area (TPSA) is 9.23 Å². The molecule has 12 rings (SSSR count). The lowest BCUT2D eigenvalue weighted by atomic mass is 9.82.